The summed E-state index contributed by atoms with van der Waals surface area (Å²) in [5.41, 5.74) is 2.50. The molecule has 1 N–H and O–H groups in total. The average Bonchev–Trinajstić information content (AvgIpc) is 3.21. The molecule has 3 aromatic rings. The zero-order valence-corrected chi connectivity index (χ0v) is 14.6. The fourth-order valence-electron chi connectivity index (χ4n) is 3.24. The van der Waals surface area contributed by atoms with Crippen LogP contribution in [0.4, 0.5) is 16.0 Å². The maximum Gasteiger partial charge on any atom is 0.222 e. The van der Waals surface area contributed by atoms with E-state index in [2.05, 4.69) is 15.4 Å². The van der Waals surface area contributed by atoms with Crippen LogP contribution in [0, 0.1) is 0 Å². The number of halogens is 1. The second kappa shape index (κ2) is 6.36. The maximum atomic E-state index is 13.7. The van der Waals surface area contributed by atoms with Crippen molar-refractivity contribution in [2.24, 2.45) is 7.05 Å². The number of rotatable bonds is 3. The summed E-state index contributed by atoms with van der Waals surface area (Å²) in [6, 6.07) is 3.78. The van der Waals surface area contributed by atoms with Gasteiger partial charge in [0, 0.05) is 43.2 Å². The molecule has 1 amide bonds. The van der Waals surface area contributed by atoms with Crippen LogP contribution >= 0.6 is 0 Å². The predicted molar refractivity (Wildman–Crippen MR) is 97.8 cm³/mol. The summed E-state index contributed by atoms with van der Waals surface area (Å²) in [6.07, 6.45) is 4.97. The van der Waals surface area contributed by atoms with Crippen LogP contribution < -0.4 is 10.2 Å². The molecule has 0 spiro atoms. The highest BCUT2D eigenvalue weighted by atomic mass is 19.1. The first-order chi connectivity index (χ1) is 12.5. The fourth-order valence-corrected chi connectivity index (χ4v) is 3.24. The van der Waals surface area contributed by atoms with Crippen LogP contribution in [0.5, 0.6) is 0 Å². The Morgan fingerprint density at radius 3 is 2.85 bits per heavy atom. The van der Waals surface area contributed by atoms with Gasteiger partial charge in [0.15, 0.2) is 0 Å². The number of fused-ring (bicyclic) bond motifs is 1. The Bertz CT molecular complexity index is 985. The number of hydrogen-bond acceptors (Lipinski definition) is 5. The number of carbonyl (C=O) groups is 1. The summed E-state index contributed by atoms with van der Waals surface area (Å²) in [5.74, 6) is 1.03. The van der Waals surface area contributed by atoms with Gasteiger partial charge in [0.2, 0.25) is 5.91 Å². The molecular formula is C18H19FN6O. The van der Waals surface area contributed by atoms with Gasteiger partial charge in [-0.05, 0) is 18.6 Å². The summed E-state index contributed by atoms with van der Waals surface area (Å²) >= 11 is 0. The number of anilines is 2. The van der Waals surface area contributed by atoms with Gasteiger partial charge in [-0.3, -0.25) is 9.48 Å². The number of hydrogen-bond donors (Lipinski definition) is 1. The zero-order chi connectivity index (χ0) is 18.3. The van der Waals surface area contributed by atoms with Crippen molar-refractivity contribution < 1.29 is 9.18 Å². The number of nitrogens with one attached hydrogen (secondary N) is 1. The van der Waals surface area contributed by atoms with Crippen LogP contribution in [-0.2, 0) is 11.8 Å². The lowest BCUT2D eigenvalue weighted by molar-refractivity contribution is -0.114. The molecule has 1 atom stereocenters. The van der Waals surface area contributed by atoms with Crippen LogP contribution in [0.2, 0.25) is 0 Å². The first-order valence-corrected chi connectivity index (χ1v) is 8.46. The van der Waals surface area contributed by atoms with E-state index < -0.39 is 6.17 Å². The fraction of sp³-hybridized carbons (Fsp3) is 0.333. The lowest BCUT2D eigenvalue weighted by Crippen LogP contribution is -2.22. The van der Waals surface area contributed by atoms with Gasteiger partial charge in [-0.1, -0.05) is 0 Å². The molecule has 0 saturated carbocycles. The third-order valence-corrected chi connectivity index (χ3v) is 4.43. The van der Waals surface area contributed by atoms with E-state index in [0.29, 0.717) is 30.8 Å². The Morgan fingerprint density at radius 2 is 2.19 bits per heavy atom. The lowest BCUT2D eigenvalue weighted by Gasteiger charge is -2.20. The molecule has 1 saturated heterocycles. The maximum absolute atomic E-state index is 13.7. The van der Waals surface area contributed by atoms with Gasteiger partial charge in [0.1, 0.15) is 17.8 Å². The molecule has 0 bridgehead atoms. The number of amides is 1. The highest BCUT2D eigenvalue weighted by Crippen LogP contribution is 2.34. The van der Waals surface area contributed by atoms with Crippen molar-refractivity contribution in [3.63, 3.8) is 0 Å². The summed E-state index contributed by atoms with van der Waals surface area (Å²) in [4.78, 5) is 22.2. The summed E-state index contributed by atoms with van der Waals surface area (Å²) < 4.78 is 15.5. The van der Waals surface area contributed by atoms with E-state index in [-0.39, 0.29) is 5.91 Å². The third-order valence-electron chi connectivity index (χ3n) is 4.43. The molecule has 8 heteroatoms. The first-order valence-electron chi connectivity index (χ1n) is 8.46. The Balaban J connectivity index is 1.86. The minimum absolute atomic E-state index is 0.181. The van der Waals surface area contributed by atoms with Crippen LogP contribution in [0.1, 0.15) is 13.3 Å². The quantitative estimate of drug-likeness (QED) is 0.782. The van der Waals surface area contributed by atoms with Crippen LogP contribution in [-0.4, -0.2) is 44.9 Å². The lowest BCUT2D eigenvalue weighted by atomic mass is 10.1. The zero-order valence-electron chi connectivity index (χ0n) is 14.6. The molecule has 1 aliphatic rings. The monoisotopic (exact) mass is 354 g/mol. The van der Waals surface area contributed by atoms with Crippen LogP contribution in [0.15, 0.2) is 30.7 Å². The van der Waals surface area contributed by atoms with Crippen molar-refractivity contribution in [3.8, 4) is 11.1 Å². The van der Waals surface area contributed by atoms with E-state index >= 15 is 0 Å². The number of alkyl halides is 1. The normalized spacial score (nSPS) is 17.0. The molecule has 0 unspecified atom stereocenters. The van der Waals surface area contributed by atoms with E-state index in [0.717, 1.165) is 22.3 Å². The van der Waals surface area contributed by atoms with E-state index in [4.69, 9.17) is 4.98 Å². The predicted octanol–water partition coefficient (Wildman–Crippen LogP) is 2.54. The minimum Gasteiger partial charge on any atom is -0.353 e. The van der Waals surface area contributed by atoms with E-state index in [9.17, 15) is 9.18 Å². The van der Waals surface area contributed by atoms with Gasteiger partial charge in [0.05, 0.1) is 24.5 Å². The van der Waals surface area contributed by atoms with Crippen molar-refractivity contribution in [3.05, 3.63) is 30.7 Å². The minimum atomic E-state index is -0.838. The van der Waals surface area contributed by atoms with Gasteiger partial charge in [-0.15, -0.1) is 0 Å². The number of pyridine rings is 2. The Labute approximate surface area is 149 Å². The van der Waals surface area contributed by atoms with E-state index in [1.54, 1.807) is 23.1 Å². The molecule has 1 fully saturated rings. The Morgan fingerprint density at radius 1 is 1.35 bits per heavy atom. The first kappa shape index (κ1) is 16.4. The molecule has 3 aromatic heterocycles. The molecule has 4 heterocycles. The van der Waals surface area contributed by atoms with Gasteiger partial charge in [0.25, 0.3) is 0 Å². The molecule has 4 rings (SSSR count). The number of aromatic nitrogens is 4. The number of aryl methyl sites for hydroxylation is 1. The molecule has 26 heavy (non-hydrogen) atoms. The number of nitrogens with zero attached hydrogens (tertiary/aromatic N) is 5. The van der Waals surface area contributed by atoms with Crippen LogP contribution in [0.25, 0.3) is 22.0 Å². The highest BCUT2D eigenvalue weighted by molar-refractivity contribution is 5.93. The summed E-state index contributed by atoms with van der Waals surface area (Å²) in [6.45, 7) is 2.41. The molecule has 7 nitrogen and oxygen atoms in total. The van der Waals surface area contributed by atoms with Gasteiger partial charge in [-0.25, -0.2) is 14.4 Å². The average molecular weight is 354 g/mol. The molecule has 0 aliphatic carbocycles. The van der Waals surface area contributed by atoms with Crippen molar-refractivity contribution in [1.29, 1.82) is 0 Å². The summed E-state index contributed by atoms with van der Waals surface area (Å²) in [5, 5.41) is 7.77. The smallest absolute Gasteiger partial charge is 0.222 e. The molecule has 0 aromatic carbocycles. The standard InChI is InChI=1S/C18H19FN6O/c1-11(26)22-17-6-12-5-15(13-7-21-24(2)9-13)18(23-16(12)8-20-17)25-4-3-14(19)10-25/h5-9,14H,3-4,10H2,1-2H3,(H,20,22,26)/t14-/m1/s1. The van der Waals surface area contributed by atoms with Crippen molar-refractivity contribution in [2.75, 3.05) is 23.3 Å². The summed E-state index contributed by atoms with van der Waals surface area (Å²) in [7, 11) is 1.85. The largest absolute Gasteiger partial charge is 0.353 e. The van der Waals surface area contributed by atoms with Gasteiger partial charge >= 0.3 is 0 Å². The molecular weight excluding hydrogens is 335 g/mol. The third kappa shape index (κ3) is 3.10. The van der Waals surface area contributed by atoms with Crippen molar-refractivity contribution in [1.82, 2.24) is 19.7 Å². The topological polar surface area (TPSA) is 75.9 Å². The van der Waals surface area contributed by atoms with E-state index in [1.165, 1.54) is 6.92 Å². The second-order valence-corrected chi connectivity index (χ2v) is 6.54. The molecule has 0 radical (unpaired) electrons. The Hall–Kier alpha value is -3.03. The van der Waals surface area contributed by atoms with Gasteiger partial charge in [-0.2, -0.15) is 5.10 Å². The molecule has 134 valence electrons. The molecule has 1 aliphatic heterocycles. The number of carbonyl (C=O) groups excluding carboxylic acids is 1. The van der Waals surface area contributed by atoms with Gasteiger partial charge < -0.3 is 10.2 Å². The van der Waals surface area contributed by atoms with Crippen molar-refractivity contribution >= 4 is 28.4 Å². The van der Waals surface area contributed by atoms with Crippen molar-refractivity contribution in [2.45, 2.75) is 19.5 Å². The SMILES string of the molecule is CC(=O)Nc1cc2cc(-c3cnn(C)c3)c(N3CC[C@@H](F)C3)nc2cn1. The Kier molecular flexibility index (Phi) is 4.02. The highest BCUT2D eigenvalue weighted by Gasteiger charge is 2.26. The second-order valence-electron chi connectivity index (χ2n) is 6.54. The van der Waals surface area contributed by atoms with Crippen LogP contribution in [0.3, 0.4) is 0 Å². The van der Waals surface area contributed by atoms with E-state index in [1.807, 2.05) is 24.2 Å².